The molecule has 0 radical (unpaired) electrons. The summed E-state index contributed by atoms with van der Waals surface area (Å²) in [4.78, 5) is 5.46. The molecule has 0 bridgehead atoms. The van der Waals surface area contributed by atoms with Crippen LogP contribution in [0.1, 0.15) is 32.8 Å². The lowest BCUT2D eigenvalue weighted by atomic mass is 10.00. The molecule has 2 atom stereocenters. The first-order valence-corrected chi connectivity index (χ1v) is 7.10. The third kappa shape index (κ3) is 2.37. The molecule has 0 aliphatic heterocycles. The van der Waals surface area contributed by atoms with E-state index in [1.807, 2.05) is 0 Å². The number of rotatable bonds is 3. The largest absolute Gasteiger partial charge is 0.391 e. The van der Waals surface area contributed by atoms with Crippen molar-refractivity contribution in [3.05, 3.63) is 47.3 Å². The van der Waals surface area contributed by atoms with Crippen LogP contribution in [0.5, 0.6) is 0 Å². The Hall–Kier alpha value is -1.64. The van der Waals surface area contributed by atoms with Gasteiger partial charge >= 0.3 is 0 Å². The molecule has 0 spiro atoms. The van der Waals surface area contributed by atoms with Gasteiger partial charge in [-0.15, -0.1) is 0 Å². The van der Waals surface area contributed by atoms with E-state index in [0.29, 0.717) is 23.9 Å². The zero-order valence-electron chi connectivity index (χ0n) is 12.2. The lowest BCUT2D eigenvalue weighted by molar-refractivity contribution is 0.129. The number of benzene rings is 1. The van der Waals surface area contributed by atoms with E-state index in [1.165, 1.54) is 24.1 Å². The Balaban J connectivity index is 1.66. The first kappa shape index (κ1) is 13.3. The van der Waals surface area contributed by atoms with Gasteiger partial charge in [0.05, 0.1) is 5.71 Å². The van der Waals surface area contributed by atoms with Crippen LogP contribution in [0, 0.1) is 23.1 Å². The Morgan fingerprint density at radius 1 is 1.30 bits per heavy atom. The first-order chi connectivity index (χ1) is 9.48. The van der Waals surface area contributed by atoms with E-state index in [4.69, 9.17) is 4.84 Å². The number of allylic oxidation sites excluding steroid dienone is 2. The second kappa shape index (κ2) is 4.72. The molecule has 2 nitrogen and oxygen atoms in total. The minimum absolute atomic E-state index is 0.228. The van der Waals surface area contributed by atoms with E-state index in [1.54, 1.807) is 12.1 Å². The SMILES string of the molecule is CC1=C/C(=N/OCc2ccc(F)cc2)C2C(C1)C2(C)C. The van der Waals surface area contributed by atoms with Gasteiger partial charge in [-0.3, -0.25) is 0 Å². The van der Waals surface area contributed by atoms with Crippen molar-refractivity contribution >= 4 is 5.71 Å². The molecule has 0 amide bonds. The highest BCUT2D eigenvalue weighted by atomic mass is 19.1. The van der Waals surface area contributed by atoms with Crippen molar-refractivity contribution in [2.24, 2.45) is 22.4 Å². The van der Waals surface area contributed by atoms with Crippen LogP contribution in [0.4, 0.5) is 4.39 Å². The van der Waals surface area contributed by atoms with Gasteiger partial charge in [-0.2, -0.15) is 0 Å². The average Bonchev–Trinajstić information content (AvgIpc) is 2.94. The predicted molar refractivity (Wildman–Crippen MR) is 77.8 cm³/mol. The molecule has 1 fully saturated rings. The minimum atomic E-state index is -0.228. The van der Waals surface area contributed by atoms with E-state index >= 15 is 0 Å². The van der Waals surface area contributed by atoms with Crippen molar-refractivity contribution in [2.45, 2.75) is 33.8 Å². The Bertz CT molecular complexity index is 571. The van der Waals surface area contributed by atoms with E-state index in [0.717, 1.165) is 11.3 Å². The Morgan fingerprint density at radius 3 is 2.70 bits per heavy atom. The molecule has 0 heterocycles. The molecular weight excluding hydrogens is 253 g/mol. The lowest BCUT2D eigenvalue weighted by Crippen LogP contribution is -2.08. The summed E-state index contributed by atoms with van der Waals surface area (Å²) < 4.78 is 12.8. The van der Waals surface area contributed by atoms with Crippen molar-refractivity contribution in [1.29, 1.82) is 0 Å². The van der Waals surface area contributed by atoms with Crippen LogP contribution in [0.3, 0.4) is 0 Å². The first-order valence-electron chi connectivity index (χ1n) is 7.10. The number of fused-ring (bicyclic) bond motifs is 1. The Labute approximate surface area is 119 Å². The van der Waals surface area contributed by atoms with Gasteiger partial charge in [0.15, 0.2) is 0 Å². The molecule has 20 heavy (non-hydrogen) atoms. The summed E-state index contributed by atoms with van der Waals surface area (Å²) in [5.41, 5.74) is 3.71. The van der Waals surface area contributed by atoms with Crippen molar-refractivity contribution in [3.63, 3.8) is 0 Å². The smallest absolute Gasteiger partial charge is 0.142 e. The van der Waals surface area contributed by atoms with E-state index in [9.17, 15) is 4.39 Å². The molecule has 1 aromatic carbocycles. The molecule has 2 aliphatic rings. The fourth-order valence-corrected chi connectivity index (χ4v) is 3.31. The zero-order chi connectivity index (χ0) is 14.3. The standard InChI is InChI=1S/C17H20FNO/c1-11-8-14-16(17(14,2)3)15(9-11)19-20-10-12-4-6-13(18)7-5-12/h4-7,9,14,16H,8,10H2,1-3H3/b19-15-. The Morgan fingerprint density at radius 2 is 2.00 bits per heavy atom. The summed E-state index contributed by atoms with van der Waals surface area (Å²) >= 11 is 0. The monoisotopic (exact) mass is 273 g/mol. The molecule has 3 heteroatoms. The van der Waals surface area contributed by atoms with E-state index < -0.39 is 0 Å². The molecule has 0 N–H and O–H groups in total. The highest BCUT2D eigenvalue weighted by molar-refractivity contribution is 6.01. The molecule has 2 aliphatic carbocycles. The van der Waals surface area contributed by atoms with Gasteiger partial charge in [-0.25, -0.2) is 4.39 Å². The van der Waals surface area contributed by atoms with Crippen LogP contribution >= 0.6 is 0 Å². The zero-order valence-corrected chi connectivity index (χ0v) is 12.2. The van der Waals surface area contributed by atoms with Crippen LogP contribution in [-0.4, -0.2) is 5.71 Å². The van der Waals surface area contributed by atoms with Gasteiger partial charge in [0, 0.05) is 5.92 Å². The normalized spacial score (nSPS) is 28.8. The third-order valence-corrected chi connectivity index (χ3v) is 4.62. The maximum Gasteiger partial charge on any atom is 0.142 e. The quantitative estimate of drug-likeness (QED) is 0.751. The molecule has 3 rings (SSSR count). The lowest BCUT2D eigenvalue weighted by Gasteiger charge is -2.09. The van der Waals surface area contributed by atoms with E-state index in [2.05, 4.69) is 32.0 Å². The third-order valence-electron chi connectivity index (χ3n) is 4.62. The summed E-state index contributed by atoms with van der Waals surface area (Å²) in [6, 6.07) is 6.33. The fraction of sp³-hybridized carbons (Fsp3) is 0.471. The highest BCUT2D eigenvalue weighted by Crippen LogP contribution is 2.63. The van der Waals surface area contributed by atoms with Gasteiger partial charge in [-0.05, 0) is 48.4 Å². The van der Waals surface area contributed by atoms with Gasteiger partial charge in [0.2, 0.25) is 0 Å². The van der Waals surface area contributed by atoms with Crippen molar-refractivity contribution in [2.75, 3.05) is 0 Å². The maximum atomic E-state index is 12.8. The molecule has 1 aromatic rings. The number of oxime groups is 1. The van der Waals surface area contributed by atoms with E-state index in [-0.39, 0.29) is 5.82 Å². The number of hydrogen-bond acceptors (Lipinski definition) is 2. The summed E-state index contributed by atoms with van der Waals surface area (Å²) in [5.74, 6) is 1.01. The van der Waals surface area contributed by atoms with Crippen LogP contribution < -0.4 is 0 Å². The van der Waals surface area contributed by atoms with Crippen LogP contribution in [0.2, 0.25) is 0 Å². The van der Waals surface area contributed by atoms with Crippen LogP contribution in [0.15, 0.2) is 41.1 Å². The van der Waals surface area contributed by atoms with Gasteiger partial charge in [-0.1, -0.05) is 36.7 Å². The summed E-state index contributed by atoms with van der Waals surface area (Å²) in [6.45, 7) is 7.13. The van der Waals surface area contributed by atoms with Gasteiger partial charge in [0.25, 0.3) is 0 Å². The second-order valence-corrected chi connectivity index (χ2v) is 6.52. The number of halogens is 1. The summed E-state index contributed by atoms with van der Waals surface area (Å²) in [7, 11) is 0. The number of nitrogens with zero attached hydrogens (tertiary/aromatic N) is 1. The Kier molecular flexibility index (Phi) is 3.15. The molecule has 0 aromatic heterocycles. The van der Waals surface area contributed by atoms with Crippen molar-refractivity contribution < 1.29 is 9.23 Å². The van der Waals surface area contributed by atoms with Gasteiger partial charge < -0.3 is 4.84 Å². The van der Waals surface area contributed by atoms with Crippen molar-refractivity contribution in [1.82, 2.24) is 0 Å². The topological polar surface area (TPSA) is 21.6 Å². The van der Waals surface area contributed by atoms with Crippen LogP contribution in [-0.2, 0) is 11.4 Å². The van der Waals surface area contributed by atoms with Crippen LogP contribution in [0.25, 0.3) is 0 Å². The van der Waals surface area contributed by atoms with Gasteiger partial charge in [0.1, 0.15) is 12.4 Å². The number of hydrogen-bond donors (Lipinski definition) is 0. The molecule has 0 saturated heterocycles. The molecule has 2 unspecified atom stereocenters. The predicted octanol–water partition coefficient (Wildman–Crippen LogP) is 4.32. The fourth-order valence-electron chi connectivity index (χ4n) is 3.31. The summed E-state index contributed by atoms with van der Waals surface area (Å²) in [5, 5.41) is 4.32. The maximum absolute atomic E-state index is 12.8. The summed E-state index contributed by atoms with van der Waals surface area (Å²) in [6.07, 6.45) is 3.33. The minimum Gasteiger partial charge on any atom is -0.391 e. The molecule has 106 valence electrons. The average molecular weight is 273 g/mol. The second-order valence-electron chi connectivity index (χ2n) is 6.52. The highest BCUT2D eigenvalue weighted by Gasteiger charge is 2.60. The molecular formula is C17H20FNO. The molecule has 1 saturated carbocycles. The van der Waals surface area contributed by atoms with Crippen molar-refractivity contribution in [3.8, 4) is 0 Å².